The number of piperidine rings is 1. The molecular formula is C40H38ClN3O9. The van der Waals surface area contributed by atoms with Crippen LogP contribution < -0.4 is 25.1 Å². The predicted molar refractivity (Wildman–Crippen MR) is 193 cm³/mol. The molecule has 3 aliphatic heterocycles. The Balaban J connectivity index is 1.09. The van der Waals surface area contributed by atoms with E-state index in [2.05, 4.69) is 5.32 Å². The monoisotopic (exact) mass is 739 g/mol. The van der Waals surface area contributed by atoms with E-state index in [4.69, 9.17) is 30.2 Å². The van der Waals surface area contributed by atoms with Crippen LogP contribution in [0.15, 0.2) is 63.8 Å². The molecule has 4 aromatic rings. The third kappa shape index (κ3) is 5.36. The first kappa shape index (κ1) is 34.7. The van der Waals surface area contributed by atoms with E-state index < -0.39 is 35.0 Å². The summed E-state index contributed by atoms with van der Waals surface area (Å²) in [7, 11) is 2.82. The highest BCUT2D eigenvalue weighted by Gasteiger charge is 2.63. The number of Topliss-reactive ketones (excluding diaryl/α,β-unsaturated/α-hetero) is 2. The van der Waals surface area contributed by atoms with Crippen LogP contribution in [0.1, 0.15) is 63.9 Å². The number of pyridine rings is 1. The molecule has 13 heteroatoms. The Morgan fingerprint density at radius 1 is 0.981 bits per heavy atom. The molecule has 5 heterocycles. The van der Waals surface area contributed by atoms with Gasteiger partial charge in [-0.25, -0.2) is 0 Å². The number of halogens is 1. The average Bonchev–Trinajstić information content (AvgIpc) is 3.67. The van der Waals surface area contributed by atoms with Gasteiger partial charge in [-0.05, 0) is 25.3 Å². The minimum absolute atomic E-state index is 0.00710. The highest BCUT2D eigenvalue weighted by atomic mass is 35.5. The summed E-state index contributed by atoms with van der Waals surface area (Å²) in [4.78, 5) is 71.1. The van der Waals surface area contributed by atoms with Crippen LogP contribution in [0.2, 0.25) is 5.02 Å². The van der Waals surface area contributed by atoms with Gasteiger partial charge in [-0.3, -0.25) is 24.0 Å². The molecule has 0 radical (unpaired) electrons. The van der Waals surface area contributed by atoms with Crippen LogP contribution >= 0.6 is 11.6 Å². The third-order valence-corrected chi connectivity index (χ3v) is 11.5. The van der Waals surface area contributed by atoms with E-state index in [-0.39, 0.29) is 75.1 Å². The van der Waals surface area contributed by atoms with Gasteiger partial charge in [0.05, 0.1) is 26.2 Å². The molecule has 2 bridgehead atoms. The van der Waals surface area contributed by atoms with E-state index >= 15 is 0 Å². The van der Waals surface area contributed by atoms with Crippen LogP contribution in [-0.4, -0.2) is 71.8 Å². The maximum Gasteiger partial charge on any atom is 0.250 e. The van der Waals surface area contributed by atoms with E-state index in [1.54, 1.807) is 35.4 Å². The van der Waals surface area contributed by atoms with Gasteiger partial charge in [-0.1, -0.05) is 54.9 Å². The van der Waals surface area contributed by atoms with Crippen LogP contribution in [0, 0.1) is 11.8 Å². The Bertz CT molecular complexity index is 2260. The lowest BCUT2D eigenvalue weighted by molar-refractivity contribution is -0.138. The molecule has 0 saturated carbocycles. The van der Waals surface area contributed by atoms with Crippen LogP contribution in [0.5, 0.6) is 17.2 Å². The zero-order chi connectivity index (χ0) is 37.3. The Labute approximate surface area is 309 Å². The van der Waals surface area contributed by atoms with Crippen LogP contribution in [-0.2, 0) is 29.0 Å². The number of ether oxygens (including phenoxy) is 3. The summed E-state index contributed by atoms with van der Waals surface area (Å²) in [5.41, 5.74) is -0.0532. The van der Waals surface area contributed by atoms with Gasteiger partial charge in [0.15, 0.2) is 5.75 Å². The van der Waals surface area contributed by atoms with Crippen LogP contribution in [0.3, 0.4) is 0 Å². The topological polar surface area (TPSA) is 146 Å². The summed E-state index contributed by atoms with van der Waals surface area (Å²) in [5.74, 6) is -1.50. The van der Waals surface area contributed by atoms with Crippen molar-refractivity contribution in [3.05, 3.63) is 98.1 Å². The van der Waals surface area contributed by atoms with Gasteiger partial charge >= 0.3 is 0 Å². The van der Waals surface area contributed by atoms with Gasteiger partial charge in [0.25, 0.3) is 5.56 Å². The number of hydrogen-bond acceptors (Lipinski definition) is 9. The molecule has 1 aliphatic carbocycles. The number of carbonyl (C=O) groups is 4. The van der Waals surface area contributed by atoms with Crippen LogP contribution in [0.4, 0.5) is 0 Å². The molecule has 1 saturated heterocycles. The second-order valence-electron chi connectivity index (χ2n) is 14.4. The molecule has 1 spiro atoms. The van der Waals surface area contributed by atoms with Crippen molar-refractivity contribution in [2.24, 2.45) is 11.8 Å². The largest absolute Gasteiger partial charge is 0.496 e. The van der Waals surface area contributed by atoms with Crippen LogP contribution in [0.25, 0.3) is 11.3 Å². The van der Waals surface area contributed by atoms with Gasteiger partial charge in [0.1, 0.15) is 39.6 Å². The first-order chi connectivity index (χ1) is 25.5. The highest BCUT2D eigenvalue weighted by molar-refractivity contribution is 6.36. The standard InChI is InChI=1S/C40H38ClN3O9/c1-20-13-28-32(37(47)40(20)38(48)33-27(50-3)16-29(51-4)34(41)36(33)53-40)25(35(52-28)23-9-6-5-7-10-23)15-30(45)42-21(2)39(49)43-17-22-14-24(19-43)26-11-8-12-31(46)44(26)18-22/h5-12,16,20-22,24H,13-15,17-19H2,1-4H3,(H,42,45)/t20-,21+,22?,24?,40+/m1/s1. The Morgan fingerprint density at radius 3 is 2.45 bits per heavy atom. The third-order valence-electron chi connectivity index (χ3n) is 11.2. The van der Waals surface area contributed by atoms with Crippen molar-refractivity contribution in [2.75, 3.05) is 27.3 Å². The smallest absolute Gasteiger partial charge is 0.250 e. The van der Waals surface area contributed by atoms with Gasteiger partial charge in [-0.15, -0.1) is 0 Å². The normalized spacial score (nSPS) is 23.1. The van der Waals surface area contributed by atoms with Crippen molar-refractivity contribution in [1.29, 1.82) is 0 Å². The van der Waals surface area contributed by atoms with Gasteiger partial charge in [0, 0.05) is 66.8 Å². The maximum atomic E-state index is 14.8. The number of ketones is 2. The Kier molecular flexibility index (Phi) is 8.48. The van der Waals surface area contributed by atoms with Crippen molar-refractivity contribution >= 4 is 35.0 Å². The number of methoxy groups -OCH3 is 2. The van der Waals surface area contributed by atoms with Crippen molar-refractivity contribution in [2.45, 2.75) is 57.2 Å². The molecular weight excluding hydrogens is 702 g/mol. The van der Waals surface area contributed by atoms with Gasteiger partial charge in [0.2, 0.25) is 29.0 Å². The molecule has 2 aromatic carbocycles. The molecule has 2 amide bonds. The van der Waals surface area contributed by atoms with Gasteiger partial charge in [-0.2, -0.15) is 0 Å². The molecule has 4 aliphatic rings. The van der Waals surface area contributed by atoms with E-state index in [9.17, 15) is 24.0 Å². The number of aromatic nitrogens is 1. The number of rotatable bonds is 7. The average molecular weight is 740 g/mol. The number of carbonyl (C=O) groups excluding carboxylic acids is 4. The number of furan rings is 1. The number of amides is 2. The fourth-order valence-corrected chi connectivity index (χ4v) is 8.95. The summed E-state index contributed by atoms with van der Waals surface area (Å²) in [6.07, 6.45) is 0.734. The molecule has 274 valence electrons. The highest BCUT2D eigenvalue weighted by Crippen LogP contribution is 2.54. The first-order valence-electron chi connectivity index (χ1n) is 17.7. The van der Waals surface area contributed by atoms with Crippen molar-refractivity contribution in [3.8, 4) is 28.6 Å². The molecule has 1 fully saturated rings. The van der Waals surface area contributed by atoms with Gasteiger partial charge < -0.3 is 33.4 Å². The van der Waals surface area contributed by atoms with Crippen molar-refractivity contribution in [3.63, 3.8) is 0 Å². The summed E-state index contributed by atoms with van der Waals surface area (Å²) in [6.45, 7) is 4.84. The molecule has 1 N–H and O–H groups in total. The van der Waals surface area contributed by atoms with Crippen molar-refractivity contribution < 1.29 is 37.8 Å². The molecule has 8 rings (SSSR count). The minimum Gasteiger partial charge on any atom is -0.496 e. The molecule has 2 aromatic heterocycles. The second-order valence-corrected chi connectivity index (χ2v) is 14.8. The number of nitrogens with zero attached hydrogens (tertiary/aromatic N) is 2. The van der Waals surface area contributed by atoms with E-state index in [1.807, 2.05) is 36.4 Å². The van der Waals surface area contributed by atoms with E-state index in [1.165, 1.54) is 20.3 Å². The molecule has 12 nitrogen and oxygen atoms in total. The van der Waals surface area contributed by atoms with Crippen molar-refractivity contribution in [1.82, 2.24) is 14.8 Å². The van der Waals surface area contributed by atoms with E-state index in [0.717, 1.165) is 12.1 Å². The first-order valence-corrected chi connectivity index (χ1v) is 18.0. The quantitative estimate of drug-likeness (QED) is 0.263. The number of likely N-dealkylation sites (tertiary alicyclic amines) is 1. The second kappa shape index (κ2) is 12.9. The number of fused-ring (bicyclic) bond motifs is 6. The number of benzene rings is 2. The predicted octanol–water partition coefficient (Wildman–Crippen LogP) is 4.86. The maximum absolute atomic E-state index is 14.8. The zero-order valence-corrected chi connectivity index (χ0v) is 30.5. The Morgan fingerprint density at radius 2 is 1.72 bits per heavy atom. The minimum atomic E-state index is -2.00. The molecule has 5 atom stereocenters. The lowest BCUT2D eigenvalue weighted by Crippen LogP contribution is -2.56. The summed E-state index contributed by atoms with van der Waals surface area (Å²) in [5, 5.41) is 2.89. The molecule has 53 heavy (non-hydrogen) atoms. The SMILES string of the molecule is COc1cc(OC)c2c(c1Cl)O[C@@]1(C(=O)c3c(oc(-c4ccccc4)c3CC(=O)N[C@@H](C)C(=O)N3CC4CC(C3)c3cccc(=O)n3C4)C[C@H]1C)C2=O. The number of nitrogens with one attached hydrogen (secondary N) is 1. The Hall–Kier alpha value is -5.36. The number of hydrogen-bond donors (Lipinski definition) is 1. The zero-order valence-electron chi connectivity index (χ0n) is 29.7. The summed E-state index contributed by atoms with van der Waals surface area (Å²) in [6, 6.07) is 14.9. The molecule has 2 unspecified atom stereocenters. The lowest BCUT2D eigenvalue weighted by atomic mass is 9.70. The summed E-state index contributed by atoms with van der Waals surface area (Å²) < 4.78 is 25.4. The fraction of sp³-hybridized carbons (Fsp3) is 0.375. The van der Waals surface area contributed by atoms with E-state index in [0.29, 0.717) is 36.7 Å². The summed E-state index contributed by atoms with van der Waals surface area (Å²) >= 11 is 6.63. The lowest BCUT2D eigenvalue weighted by Gasteiger charge is -2.43. The fourth-order valence-electron chi connectivity index (χ4n) is 8.69.